The van der Waals surface area contributed by atoms with Crippen molar-refractivity contribution in [2.45, 2.75) is 24.1 Å². The van der Waals surface area contributed by atoms with Crippen LogP contribution in [0.1, 0.15) is 40.5 Å². The van der Waals surface area contributed by atoms with E-state index in [1.165, 1.54) is 16.2 Å². The van der Waals surface area contributed by atoms with Crippen LogP contribution in [-0.4, -0.2) is 45.1 Å². The second kappa shape index (κ2) is 7.75. The molecule has 0 aliphatic carbocycles. The van der Waals surface area contributed by atoms with Crippen LogP contribution in [0, 0.1) is 0 Å². The smallest absolute Gasteiger partial charge is 0.261 e. The number of hydrogen-bond donors (Lipinski definition) is 1. The molecule has 0 spiro atoms. The van der Waals surface area contributed by atoms with Gasteiger partial charge in [0.2, 0.25) is 11.0 Å². The fourth-order valence-electron chi connectivity index (χ4n) is 2.46. The molecule has 2 heterocycles. The van der Waals surface area contributed by atoms with Crippen LogP contribution in [0.4, 0.5) is 5.13 Å². The molecular weight excluding hydrogens is 360 g/mol. The van der Waals surface area contributed by atoms with Crippen LogP contribution in [-0.2, 0) is 4.79 Å². The van der Waals surface area contributed by atoms with Gasteiger partial charge in [0.1, 0.15) is 0 Å². The van der Waals surface area contributed by atoms with E-state index >= 15 is 0 Å². The van der Waals surface area contributed by atoms with Crippen molar-refractivity contribution in [3.8, 4) is 0 Å². The largest absolute Gasteiger partial charge is 0.301 e. The Kier molecular flexibility index (Phi) is 5.44. The topological polar surface area (TPSA) is 92.3 Å². The van der Waals surface area contributed by atoms with Gasteiger partial charge in [0.05, 0.1) is 11.1 Å². The van der Waals surface area contributed by atoms with E-state index in [1.54, 1.807) is 36.0 Å². The molecular formula is C16H16N4O3S2. The van der Waals surface area contributed by atoms with Crippen molar-refractivity contribution in [1.29, 1.82) is 0 Å². The van der Waals surface area contributed by atoms with E-state index < -0.39 is 0 Å². The molecule has 0 saturated carbocycles. The van der Waals surface area contributed by atoms with Crippen LogP contribution in [0.25, 0.3) is 0 Å². The molecule has 0 unspecified atom stereocenters. The average molecular weight is 376 g/mol. The number of benzene rings is 1. The highest BCUT2D eigenvalue weighted by atomic mass is 32.2. The molecule has 130 valence electrons. The highest BCUT2D eigenvalue weighted by Gasteiger charge is 2.34. The van der Waals surface area contributed by atoms with Crippen LogP contribution in [0.15, 0.2) is 28.6 Å². The van der Waals surface area contributed by atoms with E-state index in [-0.39, 0.29) is 30.7 Å². The van der Waals surface area contributed by atoms with Gasteiger partial charge >= 0.3 is 0 Å². The number of nitrogens with zero attached hydrogens (tertiary/aromatic N) is 3. The maximum absolute atomic E-state index is 12.2. The lowest BCUT2D eigenvalue weighted by molar-refractivity contribution is -0.116. The number of amides is 3. The SMILES string of the molecule is CCSc1nnc(NC(=O)CCCN2C(=O)c3ccccc3C2=O)s1. The summed E-state index contributed by atoms with van der Waals surface area (Å²) in [7, 11) is 0. The van der Waals surface area contributed by atoms with Gasteiger partial charge in [-0.3, -0.25) is 19.3 Å². The summed E-state index contributed by atoms with van der Waals surface area (Å²) in [5.74, 6) is 0.0848. The van der Waals surface area contributed by atoms with Crippen molar-refractivity contribution < 1.29 is 14.4 Å². The quantitative estimate of drug-likeness (QED) is 0.454. The Balaban J connectivity index is 1.49. The van der Waals surface area contributed by atoms with E-state index in [0.29, 0.717) is 22.7 Å². The molecule has 1 N–H and O–H groups in total. The molecule has 0 atom stereocenters. The van der Waals surface area contributed by atoms with Crippen molar-refractivity contribution in [1.82, 2.24) is 15.1 Å². The monoisotopic (exact) mass is 376 g/mol. The number of fused-ring (bicyclic) bond motifs is 1. The zero-order valence-electron chi connectivity index (χ0n) is 13.5. The van der Waals surface area contributed by atoms with Gasteiger partial charge in [0.15, 0.2) is 4.34 Å². The number of rotatable bonds is 7. The van der Waals surface area contributed by atoms with Crippen molar-refractivity contribution in [2.24, 2.45) is 0 Å². The first kappa shape index (κ1) is 17.6. The lowest BCUT2D eigenvalue weighted by Crippen LogP contribution is -2.31. The number of carbonyl (C=O) groups is 3. The highest BCUT2D eigenvalue weighted by Crippen LogP contribution is 2.25. The number of hydrogen-bond acceptors (Lipinski definition) is 7. The molecule has 2 aromatic rings. The van der Waals surface area contributed by atoms with Gasteiger partial charge in [-0.15, -0.1) is 10.2 Å². The summed E-state index contributed by atoms with van der Waals surface area (Å²) in [5, 5.41) is 11.0. The molecule has 0 radical (unpaired) electrons. The van der Waals surface area contributed by atoms with Gasteiger partial charge in [-0.25, -0.2) is 0 Å². The fourth-order valence-corrected chi connectivity index (χ4v) is 4.13. The summed E-state index contributed by atoms with van der Waals surface area (Å²) < 4.78 is 0.809. The summed E-state index contributed by atoms with van der Waals surface area (Å²) >= 11 is 2.89. The average Bonchev–Trinajstić information content (AvgIpc) is 3.13. The first-order chi connectivity index (χ1) is 12.1. The zero-order chi connectivity index (χ0) is 17.8. The Labute approximate surface area is 152 Å². The fraction of sp³-hybridized carbons (Fsp3) is 0.312. The summed E-state index contributed by atoms with van der Waals surface area (Å²) in [6.07, 6.45) is 0.593. The molecule has 0 saturated heterocycles. The normalized spacial score (nSPS) is 13.2. The van der Waals surface area contributed by atoms with Crippen LogP contribution >= 0.6 is 23.1 Å². The van der Waals surface area contributed by atoms with Crippen molar-refractivity contribution in [3.05, 3.63) is 35.4 Å². The van der Waals surface area contributed by atoms with Gasteiger partial charge < -0.3 is 5.32 Å². The van der Waals surface area contributed by atoms with E-state index in [0.717, 1.165) is 10.1 Å². The number of imide groups is 1. The van der Waals surface area contributed by atoms with E-state index in [9.17, 15) is 14.4 Å². The van der Waals surface area contributed by atoms with Crippen molar-refractivity contribution in [2.75, 3.05) is 17.6 Å². The Morgan fingerprint density at radius 1 is 1.20 bits per heavy atom. The minimum Gasteiger partial charge on any atom is -0.301 e. The van der Waals surface area contributed by atoms with Crippen molar-refractivity contribution >= 4 is 46.0 Å². The minimum atomic E-state index is -0.300. The molecule has 0 bridgehead atoms. The van der Waals surface area contributed by atoms with Crippen LogP contribution in [0.3, 0.4) is 0 Å². The van der Waals surface area contributed by atoms with Crippen LogP contribution in [0.2, 0.25) is 0 Å². The number of thioether (sulfide) groups is 1. The summed E-state index contributed by atoms with van der Waals surface area (Å²) in [6.45, 7) is 2.23. The Morgan fingerprint density at radius 2 is 1.88 bits per heavy atom. The molecule has 7 nitrogen and oxygen atoms in total. The molecule has 1 aromatic carbocycles. The van der Waals surface area contributed by atoms with Gasteiger partial charge in [-0.05, 0) is 24.3 Å². The number of nitrogens with one attached hydrogen (secondary N) is 1. The molecule has 9 heteroatoms. The predicted molar refractivity (Wildman–Crippen MR) is 96.0 cm³/mol. The number of anilines is 1. The second-order valence-electron chi connectivity index (χ2n) is 5.27. The third-order valence-corrected chi connectivity index (χ3v) is 5.44. The zero-order valence-corrected chi connectivity index (χ0v) is 15.2. The molecule has 3 amide bonds. The molecule has 1 aliphatic heterocycles. The lowest BCUT2D eigenvalue weighted by atomic mass is 10.1. The summed E-state index contributed by atoms with van der Waals surface area (Å²) in [5.41, 5.74) is 0.846. The van der Waals surface area contributed by atoms with E-state index in [4.69, 9.17) is 0 Å². The van der Waals surface area contributed by atoms with Crippen LogP contribution in [0.5, 0.6) is 0 Å². The van der Waals surface area contributed by atoms with Gasteiger partial charge in [0.25, 0.3) is 11.8 Å². The van der Waals surface area contributed by atoms with E-state index in [1.807, 2.05) is 6.92 Å². The molecule has 1 aliphatic rings. The number of carbonyl (C=O) groups excluding carboxylic acids is 3. The van der Waals surface area contributed by atoms with E-state index in [2.05, 4.69) is 15.5 Å². The maximum atomic E-state index is 12.2. The number of aromatic nitrogens is 2. The molecule has 3 rings (SSSR count). The molecule has 1 aromatic heterocycles. The van der Waals surface area contributed by atoms with Gasteiger partial charge in [0, 0.05) is 13.0 Å². The Morgan fingerprint density at radius 3 is 2.52 bits per heavy atom. The first-order valence-corrected chi connectivity index (χ1v) is 9.61. The van der Waals surface area contributed by atoms with Gasteiger partial charge in [-0.2, -0.15) is 0 Å². The Bertz CT molecular complexity index is 786. The Hall–Kier alpha value is -2.26. The molecule has 25 heavy (non-hydrogen) atoms. The lowest BCUT2D eigenvalue weighted by Gasteiger charge is -2.13. The second-order valence-corrected chi connectivity index (χ2v) is 7.75. The standard InChI is InChI=1S/C16H16N4O3S2/c1-2-24-16-19-18-15(25-16)17-12(21)8-5-9-20-13(22)10-6-3-4-7-11(10)14(20)23/h3-4,6-7H,2,5,8-9H2,1H3,(H,17,18,21). The third kappa shape index (κ3) is 3.88. The highest BCUT2D eigenvalue weighted by molar-refractivity contribution is 8.01. The van der Waals surface area contributed by atoms with Gasteiger partial charge in [-0.1, -0.05) is 42.2 Å². The van der Waals surface area contributed by atoms with Crippen molar-refractivity contribution in [3.63, 3.8) is 0 Å². The summed E-state index contributed by atoms with van der Waals surface area (Å²) in [6, 6.07) is 6.75. The third-order valence-electron chi connectivity index (χ3n) is 3.58. The summed E-state index contributed by atoms with van der Waals surface area (Å²) in [4.78, 5) is 37.6. The minimum absolute atomic E-state index is 0.198. The first-order valence-electron chi connectivity index (χ1n) is 7.81. The molecule has 0 fully saturated rings. The van der Waals surface area contributed by atoms with Crippen LogP contribution < -0.4 is 5.32 Å². The maximum Gasteiger partial charge on any atom is 0.261 e. The predicted octanol–water partition coefficient (Wildman–Crippen LogP) is 2.67.